The van der Waals surface area contributed by atoms with Crippen LogP contribution in [0, 0.1) is 6.20 Å². The Hall–Kier alpha value is -1.63. The zero-order chi connectivity index (χ0) is 10.8. The van der Waals surface area contributed by atoms with Crippen LogP contribution in [0.15, 0.2) is 42.6 Å². The smallest absolute Gasteiger partial charge is 0.0921 e. The van der Waals surface area contributed by atoms with E-state index in [0.29, 0.717) is 5.92 Å². The average Bonchev–Trinajstić information content (AvgIpc) is 2.74. The number of hydrogen-bond acceptors (Lipinski definition) is 1. The summed E-state index contributed by atoms with van der Waals surface area (Å²) in [6.45, 7) is 0. The van der Waals surface area contributed by atoms with Gasteiger partial charge in [-0.3, -0.25) is 4.98 Å². The molecular weight excluding hydrogens is 194 g/mol. The fourth-order valence-electron chi connectivity index (χ4n) is 2.60. The molecular formula is C15H14N. The van der Waals surface area contributed by atoms with Gasteiger partial charge in [0.15, 0.2) is 0 Å². The van der Waals surface area contributed by atoms with Gasteiger partial charge in [-0.15, -0.1) is 0 Å². The van der Waals surface area contributed by atoms with Crippen LogP contribution in [-0.2, 0) is 12.8 Å². The summed E-state index contributed by atoms with van der Waals surface area (Å²) in [7, 11) is 0. The number of aromatic nitrogens is 1. The SMILES string of the molecule is [c]1ncccc1CC1CCc2ccccc21. The molecule has 1 nitrogen and oxygen atoms in total. The summed E-state index contributed by atoms with van der Waals surface area (Å²) in [5, 5.41) is 0. The number of rotatable bonds is 2. The molecule has 16 heavy (non-hydrogen) atoms. The van der Waals surface area contributed by atoms with Gasteiger partial charge in [0, 0.05) is 6.20 Å². The maximum absolute atomic E-state index is 4.06. The van der Waals surface area contributed by atoms with Crippen LogP contribution in [0.25, 0.3) is 0 Å². The van der Waals surface area contributed by atoms with Gasteiger partial charge in [0.2, 0.25) is 0 Å². The van der Waals surface area contributed by atoms with E-state index in [0.717, 1.165) is 6.42 Å². The topological polar surface area (TPSA) is 12.9 Å². The molecule has 1 heteroatoms. The first kappa shape index (κ1) is 9.59. The number of nitrogens with zero attached hydrogens (tertiary/aromatic N) is 1. The van der Waals surface area contributed by atoms with E-state index in [1.165, 1.54) is 29.5 Å². The second-order valence-electron chi connectivity index (χ2n) is 4.41. The molecule has 1 aromatic carbocycles. The molecule has 79 valence electrons. The Kier molecular flexibility index (Phi) is 2.45. The van der Waals surface area contributed by atoms with Gasteiger partial charge in [-0.2, -0.15) is 0 Å². The summed E-state index contributed by atoms with van der Waals surface area (Å²) < 4.78 is 0. The highest BCUT2D eigenvalue weighted by atomic mass is 14.6. The predicted octanol–water partition coefficient (Wildman–Crippen LogP) is 3.15. The summed E-state index contributed by atoms with van der Waals surface area (Å²) in [5.74, 6) is 0.664. The van der Waals surface area contributed by atoms with Gasteiger partial charge in [-0.05, 0) is 47.9 Å². The van der Waals surface area contributed by atoms with Gasteiger partial charge >= 0.3 is 0 Å². The first-order valence-electron chi connectivity index (χ1n) is 5.83. The maximum atomic E-state index is 4.06. The van der Waals surface area contributed by atoms with Gasteiger partial charge in [0.25, 0.3) is 0 Å². The Morgan fingerprint density at radius 2 is 2.12 bits per heavy atom. The van der Waals surface area contributed by atoms with E-state index in [-0.39, 0.29) is 0 Å². The second kappa shape index (κ2) is 4.09. The molecule has 0 spiro atoms. The molecule has 1 atom stereocenters. The maximum Gasteiger partial charge on any atom is 0.0921 e. The van der Waals surface area contributed by atoms with Crippen molar-refractivity contribution in [2.24, 2.45) is 0 Å². The molecule has 0 amide bonds. The van der Waals surface area contributed by atoms with Crippen LogP contribution in [0.3, 0.4) is 0 Å². The van der Waals surface area contributed by atoms with Gasteiger partial charge in [0.1, 0.15) is 0 Å². The molecule has 2 aromatic rings. The Labute approximate surface area is 96.2 Å². The van der Waals surface area contributed by atoms with Crippen molar-refractivity contribution in [2.45, 2.75) is 25.2 Å². The first-order valence-corrected chi connectivity index (χ1v) is 5.83. The first-order chi connectivity index (χ1) is 7.93. The Balaban J connectivity index is 1.84. The minimum Gasteiger partial charge on any atom is -0.254 e. The Morgan fingerprint density at radius 1 is 1.19 bits per heavy atom. The van der Waals surface area contributed by atoms with Crippen molar-refractivity contribution in [3.8, 4) is 0 Å². The third kappa shape index (κ3) is 1.73. The lowest BCUT2D eigenvalue weighted by molar-refractivity contribution is 0.672. The molecule has 1 aliphatic rings. The van der Waals surface area contributed by atoms with Gasteiger partial charge in [-0.1, -0.05) is 30.3 Å². The average molecular weight is 208 g/mol. The third-order valence-corrected chi connectivity index (χ3v) is 3.39. The number of hydrogen-bond donors (Lipinski definition) is 0. The van der Waals surface area contributed by atoms with Crippen LogP contribution >= 0.6 is 0 Å². The number of pyridine rings is 1. The lowest BCUT2D eigenvalue weighted by Gasteiger charge is -2.10. The van der Waals surface area contributed by atoms with Crippen LogP contribution in [0.1, 0.15) is 29.0 Å². The summed E-state index contributed by atoms with van der Waals surface area (Å²) in [4.78, 5) is 4.06. The highest BCUT2D eigenvalue weighted by molar-refractivity contribution is 5.35. The van der Waals surface area contributed by atoms with E-state index in [9.17, 15) is 0 Å². The zero-order valence-electron chi connectivity index (χ0n) is 9.19. The second-order valence-corrected chi connectivity index (χ2v) is 4.41. The van der Waals surface area contributed by atoms with Crippen molar-refractivity contribution < 1.29 is 0 Å². The van der Waals surface area contributed by atoms with Crippen LogP contribution in [-0.4, -0.2) is 4.98 Å². The summed E-state index contributed by atoms with van der Waals surface area (Å²) in [5.41, 5.74) is 4.28. The lowest BCUT2D eigenvalue weighted by Crippen LogP contribution is -1.98. The highest BCUT2D eigenvalue weighted by Crippen LogP contribution is 2.34. The standard InChI is InChI=1S/C15H14N/c1-2-6-15-13(5-1)7-8-14(15)10-12-4-3-9-16-11-12/h1-6,9,14H,7-8,10H2. The summed E-state index contributed by atoms with van der Waals surface area (Å²) >= 11 is 0. The zero-order valence-corrected chi connectivity index (χ0v) is 9.19. The Bertz CT molecular complexity index is 476. The van der Waals surface area contributed by atoms with Crippen molar-refractivity contribution in [2.75, 3.05) is 0 Å². The van der Waals surface area contributed by atoms with Crippen LogP contribution in [0.4, 0.5) is 0 Å². The van der Waals surface area contributed by atoms with Gasteiger partial charge in [0.05, 0.1) is 6.20 Å². The quantitative estimate of drug-likeness (QED) is 0.738. The molecule has 0 saturated carbocycles. The molecule has 0 N–H and O–H groups in total. The van der Waals surface area contributed by atoms with E-state index in [4.69, 9.17) is 0 Å². The number of fused-ring (bicyclic) bond motifs is 1. The fourth-order valence-corrected chi connectivity index (χ4v) is 2.60. The van der Waals surface area contributed by atoms with Crippen molar-refractivity contribution >= 4 is 0 Å². The fraction of sp³-hybridized carbons (Fsp3) is 0.267. The molecule has 3 rings (SSSR count). The van der Waals surface area contributed by atoms with E-state index in [1.807, 2.05) is 6.07 Å². The van der Waals surface area contributed by atoms with E-state index >= 15 is 0 Å². The molecule has 0 aliphatic heterocycles. The van der Waals surface area contributed by atoms with E-state index in [2.05, 4.69) is 41.5 Å². The molecule has 1 radical (unpaired) electrons. The number of aryl methyl sites for hydroxylation is 1. The van der Waals surface area contributed by atoms with Crippen molar-refractivity contribution in [3.05, 3.63) is 65.5 Å². The monoisotopic (exact) mass is 208 g/mol. The van der Waals surface area contributed by atoms with Crippen molar-refractivity contribution in [1.82, 2.24) is 4.98 Å². The van der Waals surface area contributed by atoms with Crippen LogP contribution in [0.2, 0.25) is 0 Å². The molecule has 1 aromatic heterocycles. The molecule has 0 saturated heterocycles. The molecule has 1 unspecified atom stereocenters. The van der Waals surface area contributed by atoms with Gasteiger partial charge < -0.3 is 0 Å². The molecule has 1 heterocycles. The molecule has 0 fully saturated rings. The lowest BCUT2D eigenvalue weighted by atomic mass is 9.94. The summed E-state index contributed by atoms with van der Waals surface area (Å²) in [6.07, 6.45) is 8.42. The molecule has 0 bridgehead atoms. The van der Waals surface area contributed by atoms with Crippen LogP contribution < -0.4 is 0 Å². The van der Waals surface area contributed by atoms with Crippen molar-refractivity contribution in [1.29, 1.82) is 0 Å². The molecule has 1 aliphatic carbocycles. The van der Waals surface area contributed by atoms with Crippen LogP contribution in [0.5, 0.6) is 0 Å². The normalized spacial score (nSPS) is 18.4. The number of benzene rings is 1. The predicted molar refractivity (Wildman–Crippen MR) is 64.3 cm³/mol. The summed E-state index contributed by atoms with van der Waals surface area (Å²) in [6, 6.07) is 12.9. The third-order valence-electron chi connectivity index (χ3n) is 3.39. The van der Waals surface area contributed by atoms with E-state index < -0.39 is 0 Å². The Morgan fingerprint density at radius 3 is 3.00 bits per heavy atom. The van der Waals surface area contributed by atoms with E-state index in [1.54, 1.807) is 6.20 Å². The minimum atomic E-state index is 0.664. The van der Waals surface area contributed by atoms with Crippen molar-refractivity contribution in [3.63, 3.8) is 0 Å². The highest BCUT2D eigenvalue weighted by Gasteiger charge is 2.21. The largest absolute Gasteiger partial charge is 0.254 e. The minimum absolute atomic E-state index is 0.664. The van der Waals surface area contributed by atoms with Gasteiger partial charge in [-0.25, -0.2) is 0 Å².